The van der Waals surface area contributed by atoms with Crippen molar-refractivity contribution in [2.75, 3.05) is 37.8 Å². The van der Waals surface area contributed by atoms with Crippen molar-refractivity contribution < 1.29 is 14.6 Å². The second-order valence-corrected chi connectivity index (χ2v) is 9.01. The molecule has 10 heteroatoms. The normalized spacial score (nSPS) is 18.9. The largest absolute Gasteiger partial charge is 0.388 e. The minimum atomic E-state index is -0.211. The molecule has 6 rings (SSSR count). The summed E-state index contributed by atoms with van der Waals surface area (Å²) < 4.78 is 15.3. The van der Waals surface area contributed by atoms with Gasteiger partial charge in [-0.15, -0.1) is 0 Å². The van der Waals surface area contributed by atoms with E-state index in [1.165, 1.54) is 5.56 Å². The first kappa shape index (κ1) is 22.1. The molecule has 0 aliphatic carbocycles. The number of rotatable bonds is 5. The number of nitrogens with zero attached hydrogens (tertiary/aromatic N) is 7. The topological polar surface area (TPSA) is 103 Å². The van der Waals surface area contributed by atoms with Crippen molar-refractivity contribution in [3.8, 4) is 17.2 Å². The number of imidazole rings is 1. The average Bonchev–Trinajstić information content (AvgIpc) is 3.54. The summed E-state index contributed by atoms with van der Waals surface area (Å²) in [5, 5.41) is 14.9. The number of anilines is 1. The lowest BCUT2D eigenvalue weighted by Crippen LogP contribution is -2.37. The first-order valence-corrected chi connectivity index (χ1v) is 12.2. The fourth-order valence-electron chi connectivity index (χ4n) is 4.83. The zero-order chi connectivity index (χ0) is 23.8. The van der Waals surface area contributed by atoms with Crippen LogP contribution >= 0.6 is 0 Å². The summed E-state index contributed by atoms with van der Waals surface area (Å²) in [6, 6.07) is 10.2. The van der Waals surface area contributed by atoms with Crippen molar-refractivity contribution in [1.29, 1.82) is 0 Å². The van der Waals surface area contributed by atoms with Crippen LogP contribution in [0.3, 0.4) is 0 Å². The number of fused-ring (bicyclic) bond motifs is 1. The van der Waals surface area contributed by atoms with Gasteiger partial charge in [-0.05, 0) is 38.3 Å². The Labute approximate surface area is 203 Å². The maximum atomic E-state index is 10.2. The van der Waals surface area contributed by atoms with E-state index >= 15 is 0 Å². The predicted molar refractivity (Wildman–Crippen MR) is 130 cm³/mol. The van der Waals surface area contributed by atoms with Crippen molar-refractivity contribution in [3.05, 3.63) is 47.9 Å². The van der Waals surface area contributed by atoms with E-state index in [0.29, 0.717) is 55.8 Å². The Morgan fingerprint density at radius 1 is 1.06 bits per heavy atom. The molecule has 35 heavy (non-hydrogen) atoms. The summed E-state index contributed by atoms with van der Waals surface area (Å²) in [7, 11) is 0. The first-order chi connectivity index (χ1) is 17.2. The smallest absolute Gasteiger partial charge is 0.254 e. The molecule has 3 aromatic heterocycles. The van der Waals surface area contributed by atoms with Crippen molar-refractivity contribution in [3.63, 3.8) is 0 Å². The molecule has 2 fully saturated rings. The number of aliphatic hydroxyl groups excluding tert-OH is 1. The maximum absolute atomic E-state index is 10.2. The fourth-order valence-corrected chi connectivity index (χ4v) is 4.83. The van der Waals surface area contributed by atoms with E-state index in [9.17, 15) is 5.11 Å². The SMILES string of the molecule is Cc1cccc(-c2ccn(-c3nc(N4CCOCC4)c4nc(CO)n(C5CCCCO5)c4n3)n2)c1. The third-order valence-corrected chi connectivity index (χ3v) is 6.59. The standard InChI is InChI=1S/C25H29N7O3/c1-17-5-4-6-18(15-17)19-8-9-31(29-19)25-27-23(30-10-13-34-14-11-30)22-24(28-25)32(20(16-33)26-22)21-7-2-3-12-35-21/h4-6,8-9,15,21,33H,2-3,7,10-14,16H2,1H3. The van der Waals surface area contributed by atoms with E-state index in [-0.39, 0.29) is 12.8 Å². The van der Waals surface area contributed by atoms with E-state index < -0.39 is 0 Å². The fraction of sp³-hybridized carbons (Fsp3) is 0.440. The summed E-state index contributed by atoms with van der Waals surface area (Å²) in [4.78, 5) is 16.8. The first-order valence-electron chi connectivity index (χ1n) is 12.2. The summed E-state index contributed by atoms with van der Waals surface area (Å²) in [5.41, 5.74) is 4.39. The van der Waals surface area contributed by atoms with Crippen LogP contribution in [-0.4, -0.2) is 67.3 Å². The molecule has 182 valence electrons. The number of aromatic nitrogens is 6. The molecule has 0 radical (unpaired) electrons. The highest BCUT2D eigenvalue weighted by atomic mass is 16.5. The molecule has 2 aliphatic heterocycles. The summed E-state index contributed by atoms with van der Waals surface area (Å²) in [5.74, 6) is 1.72. The Kier molecular flexibility index (Phi) is 5.93. The van der Waals surface area contributed by atoms with E-state index in [4.69, 9.17) is 29.5 Å². The molecule has 1 N–H and O–H groups in total. The molecule has 2 saturated heterocycles. The van der Waals surface area contributed by atoms with Crippen LogP contribution < -0.4 is 4.90 Å². The molecule has 2 aliphatic rings. The van der Waals surface area contributed by atoms with Crippen LogP contribution in [0.5, 0.6) is 0 Å². The highest BCUT2D eigenvalue weighted by molar-refractivity contribution is 5.85. The van der Waals surface area contributed by atoms with Gasteiger partial charge in [0.15, 0.2) is 17.0 Å². The average molecular weight is 476 g/mol. The number of aliphatic hydroxyl groups is 1. The third-order valence-electron chi connectivity index (χ3n) is 6.59. The van der Waals surface area contributed by atoms with E-state index in [1.807, 2.05) is 29.0 Å². The Bertz CT molecular complexity index is 1340. The minimum Gasteiger partial charge on any atom is -0.388 e. The number of ether oxygens (including phenoxy) is 2. The lowest BCUT2D eigenvalue weighted by molar-refractivity contribution is -0.0329. The molecule has 0 saturated carbocycles. The van der Waals surface area contributed by atoms with E-state index in [1.54, 1.807) is 4.68 Å². The predicted octanol–water partition coefficient (Wildman–Crippen LogP) is 3.02. The molecule has 5 heterocycles. The Balaban J connectivity index is 1.50. The molecular formula is C25H29N7O3. The molecule has 10 nitrogen and oxygen atoms in total. The molecule has 1 aromatic carbocycles. The minimum absolute atomic E-state index is 0.201. The van der Waals surface area contributed by atoms with Crippen LogP contribution in [0, 0.1) is 6.92 Å². The van der Waals surface area contributed by atoms with Gasteiger partial charge in [0.2, 0.25) is 0 Å². The van der Waals surface area contributed by atoms with Crippen LogP contribution in [0.2, 0.25) is 0 Å². The number of aryl methyl sites for hydroxylation is 1. The van der Waals surface area contributed by atoms with Crippen LogP contribution in [0.1, 0.15) is 36.9 Å². The van der Waals surface area contributed by atoms with Gasteiger partial charge in [0.25, 0.3) is 5.95 Å². The van der Waals surface area contributed by atoms with Gasteiger partial charge in [-0.3, -0.25) is 4.57 Å². The molecule has 1 atom stereocenters. The Morgan fingerprint density at radius 2 is 1.94 bits per heavy atom. The molecule has 1 unspecified atom stereocenters. The van der Waals surface area contributed by atoms with Gasteiger partial charge < -0.3 is 19.5 Å². The molecular weight excluding hydrogens is 446 g/mol. The molecule has 0 spiro atoms. The van der Waals surface area contributed by atoms with Gasteiger partial charge in [-0.1, -0.05) is 23.8 Å². The van der Waals surface area contributed by atoms with Gasteiger partial charge in [0.05, 0.1) is 18.9 Å². The monoisotopic (exact) mass is 475 g/mol. The highest BCUT2D eigenvalue weighted by Crippen LogP contribution is 2.32. The zero-order valence-electron chi connectivity index (χ0n) is 19.8. The van der Waals surface area contributed by atoms with E-state index in [2.05, 4.69) is 24.0 Å². The zero-order valence-corrected chi connectivity index (χ0v) is 19.8. The number of benzene rings is 1. The number of morpholine rings is 1. The number of hydrogen-bond donors (Lipinski definition) is 1. The third kappa shape index (κ3) is 4.18. The lowest BCUT2D eigenvalue weighted by atomic mass is 10.1. The van der Waals surface area contributed by atoms with Gasteiger partial charge in [0, 0.05) is 31.5 Å². The van der Waals surface area contributed by atoms with Gasteiger partial charge >= 0.3 is 0 Å². The van der Waals surface area contributed by atoms with Crippen LogP contribution in [-0.2, 0) is 16.1 Å². The number of hydrogen-bond acceptors (Lipinski definition) is 8. The summed E-state index contributed by atoms with van der Waals surface area (Å²) in [6.45, 7) is 5.22. The van der Waals surface area contributed by atoms with Crippen LogP contribution in [0.15, 0.2) is 36.5 Å². The molecule has 4 aromatic rings. The Hall–Kier alpha value is -3.34. The summed E-state index contributed by atoms with van der Waals surface area (Å²) >= 11 is 0. The van der Waals surface area contributed by atoms with Crippen LogP contribution in [0.25, 0.3) is 28.4 Å². The highest BCUT2D eigenvalue weighted by Gasteiger charge is 2.28. The second kappa shape index (κ2) is 9.37. The van der Waals surface area contributed by atoms with Gasteiger partial charge in [-0.2, -0.15) is 15.1 Å². The Morgan fingerprint density at radius 3 is 2.71 bits per heavy atom. The quantitative estimate of drug-likeness (QED) is 0.470. The van der Waals surface area contributed by atoms with Crippen molar-refractivity contribution in [1.82, 2.24) is 29.3 Å². The summed E-state index contributed by atoms with van der Waals surface area (Å²) in [6.07, 6.45) is 4.61. The van der Waals surface area contributed by atoms with Crippen molar-refractivity contribution >= 4 is 17.0 Å². The van der Waals surface area contributed by atoms with E-state index in [0.717, 1.165) is 36.3 Å². The van der Waals surface area contributed by atoms with Gasteiger partial charge in [-0.25, -0.2) is 9.67 Å². The van der Waals surface area contributed by atoms with Gasteiger partial charge in [0.1, 0.15) is 18.7 Å². The van der Waals surface area contributed by atoms with Crippen LogP contribution in [0.4, 0.5) is 5.82 Å². The van der Waals surface area contributed by atoms with Crippen molar-refractivity contribution in [2.24, 2.45) is 0 Å². The molecule has 0 amide bonds. The molecule has 0 bridgehead atoms. The van der Waals surface area contributed by atoms with Crippen molar-refractivity contribution in [2.45, 2.75) is 39.0 Å². The second-order valence-electron chi connectivity index (χ2n) is 9.01. The lowest BCUT2D eigenvalue weighted by Gasteiger charge is -2.28. The maximum Gasteiger partial charge on any atom is 0.254 e.